The van der Waals surface area contributed by atoms with Crippen LogP contribution in [0.1, 0.15) is 74.2 Å². The van der Waals surface area contributed by atoms with Crippen molar-refractivity contribution in [1.82, 2.24) is 9.38 Å². The number of para-hydroxylation sites is 1. The minimum atomic E-state index is -0.354. The molecule has 5 rings (SSSR count). The topological polar surface area (TPSA) is 55.6 Å². The van der Waals surface area contributed by atoms with Crippen molar-refractivity contribution in [2.24, 2.45) is 0 Å². The predicted octanol–water partition coefficient (Wildman–Crippen LogP) is 7.70. The molecule has 36 heavy (non-hydrogen) atoms. The first-order chi connectivity index (χ1) is 17.7. The second kappa shape index (κ2) is 11.4. The Bertz CT molecular complexity index is 1300. The summed E-state index contributed by atoms with van der Waals surface area (Å²) in [5.41, 5.74) is 4.29. The summed E-state index contributed by atoms with van der Waals surface area (Å²) < 4.78 is 8.05. The number of aromatic nitrogens is 2. The zero-order valence-electron chi connectivity index (χ0n) is 21.1. The van der Waals surface area contributed by atoms with E-state index in [1.165, 1.54) is 44.1 Å². The van der Waals surface area contributed by atoms with Gasteiger partial charge < -0.3 is 10.1 Å². The average Bonchev–Trinajstić information content (AvgIpc) is 3.28. The average molecular weight is 482 g/mol. The lowest BCUT2D eigenvalue weighted by Crippen LogP contribution is -2.23. The molecule has 1 fully saturated rings. The van der Waals surface area contributed by atoms with Crippen molar-refractivity contribution in [3.05, 3.63) is 84.1 Å². The fourth-order valence-electron chi connectivity index (χ4n) is 5.06. The molecule has 4 aromatic rings. The van der Waals surface area contributed by atoms with E-state index < -0.39 is 0 Å². The smallest absolute Gasteiger partial charge is 0.343 e. The second-order valence-electron chi connectivity index (χ2n) is 9.76. The zero-order chi connectivity index (χ0) is 24.7. The Morgan fingerprint density at radius 1 is 0.972 bits per heavy atom. The van der Waals surface area contributed by atoms with Gasteiger partial charge in [-0.15, -0.1) is 0 Å². The molecule has 0 amide bonds. The number of benzene rings is 2. The van der Waals surface area contributed by atoms with Crippen LogP contribution in [-0.4, -0.2) is 21.4 Å². The van der Waals surface area contributed by atoms with Crippen molar-refractivity contribution in [3.8, 4) is 17.0 Å². The van der Waals surface area contributed by atoms with Gasteiger partial charge in [-0.25, -0.2) is 9.78 Å². The Balaban J connectivity index is 1.42. The normalized spacial score (nSPS) is 14.1. The van der Waals surface area contributed by atoms with Crippen molar-refractivity contribution in [3.63, 3.8) is 0 Å². The summed E-state index contributed by atoms with van der Waals surface area (Å²) in [4.78, 5) is 18.0. The molecule has 0 atom stereocenters. The highest BCUT2D eigenvalue weighted by Crippen LogP contribution is 2.37. The van der Waals surface area contributed by atoms with E-state index in [9.17, 15) is 4.79 Å². The summed E-state index contributed by atoms with van der Waals surface area (Å²) in [5.74, 6) is 1.12. The standard InChI is InChI=1S/C31H35N3O2/c1-2-3-5-12-23-18-20-24(21-19-23)31(35)36-27-16-9-8-15-26(27)29-30(32-25-13-6-4-7-14-25)34-22-11-10-17-28(34)33-29/h8-11,15-22,25,32H,2-7,12-14H2,1H3. The van der Waals surface area contributed by atoms with Gasteiger partial charge >= 0.3 is 5.97 Å². The lowest BCUT2D eigenvalue weighted by molar-refractivity contribution is 0.0735. The van der Waals surface area contributed by atoms with Gasteiger partial charge in [0.2, 0.25) is 0 Å². The molecule has 0 bridgehead atoms. The van der Waals surface area contributed by atoms with Gasteiger partial charge in [-0.1, -0.05) is 69.4 Å². The molecular formula is C31H35N3O2. The Morgan fingerprint density at radius 3 is 2.56 bits per heavy atom. The van der Waals surface area contributed by atoms with Crippen molar-refractivity contribution in [1.29, 1.82) is 0 Å². The Morgan fingerprint density at radius 2 is 1.75 bits per heavy atom. The number of hydrogen-bond acceptors (Lipinski definition) is 4. The molecule has 2 aromatic heterocycles. The molecule has 0 unspecified atom stereocenters. The Hall–Kier alpha value is -3.60. The lowest BCUT2D eigenvalue weighted by atomic mass is 9.95. The number of nitrogens with one attached hydrogen (secondary N) is 1. The van der Waals surface area contributed by atoms with Gasteiger partial charge in [-0.05, 0) is 67.6 Å². The summed E-state index contributed by atoms with van der Waals surface area (Å²) in [6.07, 6.45) is 12.8. The highest BCUT2D eigenvalue weighted by molar-refractivity contribution is 5.92. The van der Waals surface area contributed by atoms with E-state index in [0.717, 1.165) is 42.0 Å². The molecule has 0 spiro atoms. The number of ether oxygens (including phenoxy) is 1. The molecule has 1 saturated carbocycles. The van der Waals surface area contributed by atoms with Crippen LogP contribution in [0.15, 0.2) is 72.9 Å². The largest absolute Gasteiger partial charge is 0.422 e. The number of unbranched alkanes of at least 4 members (excludes halogenated alkanes) is 2. The number of rotatable bonds is 9. The lowest BCUT2D eigenvalue weighted by Gasteiger charge is -2.24. The maximum atomic E-state index is 13.1. The van der Waals surface area contributed by atoms with E-state index in [1.807, 2.05) is 72.9 Å². The highest BCUT2D eigenvalue weighted by Gasteiger charge is 2.22. The molecule has 0 saturated heterocycles. The third-order valence-electron chi connectivity index (χ3n) is 7.08. The number of carbonyl (C=O) groups excluding carboxylic acids is 1. The van der Waals surface area contributed by atoms with Gasteiger partial charge in [0, 0.05) is 17.8 Å². The Kier molecular flexibility index (Phi) is 7.65. The number of hydrogen-bond donors (Lipinski definition) is 1. The molecule has 2 heterocycles. The van der Waals surface area contributed by atoms with E-state index in [1.54, 1.807) is 0 Å². The van der Waals surface area contributed by atoms with Crippen molar-refractivity contribution < 1.29 is 9.53 Å². The van der Waals surface area contributed by atoms with E-state index in [0.29, 0.717) is 17.4 Å². The molecule has 0 radical (unpaired) electrons. The zero-order valence-corrected chi connectivity index (χ0v) is 21.1. The molecule has 5 heteroatoms. The number of aryl methyl sites for hydroxylation is 1. The van der Waals surface area contributed by atoms with Crippen LogP contribution in [0.2, 0.25) is 0 Å². The van der Waals surface area contributed by atoms with Gasteiger partial charge in [-0.3, -0.25) is 4.40 Å². The summed E-state index contributed by atoms with van der Waals surface area (Å²) in [6.45, 7) is 2.21. The molecule has 5 nitrogen and oxygen atoms in total. The molecule has 2 aromatic carbocycles. The fourth-order valence-corrected chi connectivity index (χ4v) is 5.06. The maximum absolute atomic E-state index is 13.1. The first-order valence-corrected chi connectivity index (χ1v) is 13.4. The maximum Gasteiger partial charge on any atom is 0.343 e. The van der Waals surface area contributed by atoms with Crippen molar-refractivity contribution >= 4 is 17.4 Å². The second-order valence-corrected chi connectivity index (χ2v) is 9.76. The van der Waals surface area contributed by atoms with Crippen LogP contribution < -0.4 is 10.1 Å². The van der Waals surface area contributed by atoms with Gasteiger partial charge in [0.05, 0.1) is 5.56 Å². The van der Waals surface area contributed by atoms with Crippen molar-refractivity contribution in [2.45, 2.75) is 70.8 Å². The highest BCUT2D eigenvalue weighted by atomic mass is 16.5. The van der Waals surface area contributed by atoms with Crippen LogP contribution in [0.5, 0.6) is 5.75 Å². The fraction of sp³-hybridized carbons (Fsp3) is 0.355. The number of fused-ring (bicyclic) bond motifs is 1. The molecule has 1 aliphatic carbocycles. The van der Waals surface area contributed by atoms with Crippen LogP contribution in [0.25, 0.3) is 16.9 Å². The van der Waals surface area contributed by atoms with E-state index >= 15 is 0 Å². The Labute approximate surface area is 213 Å². The van der Waals surface area contributed by atoms with E-state index in [2.05, 4.69) is 16.6 Å². The van der Waals surface area contributed by atoms with Gasteiger partial charge in [0.25, 0.3) is 0 Å². The van der Waals surface area contributed by atoms with E-state index in [4.69, 9.17) is 9.72 Å². The van der Waals surface area contributed by atoms with Crippen LogP contribution in [0.4, 0.5) is 5.82 Å². The van der Waals surface area contributed by atoms with Crippen LogP contribution in [-0.2, 0) is 6.42 Å². The van der Waals surface area contributed by atoms with Gasteiger partial charge in [-0.2, -0.15) is 0 Å². The van der Waals surface area contributed by atoms with Gasteiger partial charge in [0.1, 0.15) is 22.9 Å². The predicted molar refractivity (Wildman–Crippen MR) is 146 cm³/mol. The molecule has 1 aliphatic rings. The molecule has 0 aliphatic heterocycles. The molecule has 186 valence electrons. The van der Waals surface area contributed by atoms with Crippen molar-refractivity contribution in [2.75, 3.05) is 5.32 Å². The summed E-state index contributed by atoms with van der Waals surface area (Å²) in [6, 6.07) is 21.9. The van der Waals surface area contributed by atoms with E-state index in [-0.39, 0.29) is 5.97 Å². The first-order valence-electron chi connectivity index (χ1n) is 13.4. The quantitative estimate of drug-likeness (QED) is 0.151. The van der Waals surface area contributed by atoms with Crippen LogP contribution in [0.3, 0.4) is 0 Å². The van der Waals surface area contributed by atoms with Crippen LogP contribution >= 0.6 is 0 Å². The number of carbonyl (C=O) groups is 1. The number of imidazole rings is 1. The number of anilines is 1. The minimum Gasteiger partial charge on any atom is -0.422 e. The summed E-state index contributed by atoms with van der Waals surface area (Å²) in [5, 5.41) is 3.77. The monoisotopic (exact) mass is 481 g/mol. The third-order valence-corrected chi connectivity index (χ3v) is 7.08. The number of nitrogens with zero attached hydrogens (tertiary/aromatic N) is 2. The minimum absolute atomic E-state index is 0.354. The summed E-state index contributed by atoms with van der Waals surface area (Å²) >= 11 is 0. The first kappa shape index (κ1) is 24.1. The molecule has 1 N–H and O–H groups in total. The third kappa shape index (κ3) is 5.46. The molecular weight excluding hydrogens is 446 g/mol. The summed E-state index contributed by atoms with van der Waals surface area (Å²) in [7, 11) is 0. The SMILES string of the molecule is CCCCCc1ccc(C(=O)Oc2ccccc2-c2nc3ccccn3c2NC2CCCCC2)cc1. The van der Waals surface area contributed by atoms with Crippen LogP contribution in [0, 0.1) is 0 Å². The number of pyridine rings is 1. The number of esters is 1. The van der Waals surface area contributed by atoms with Gasteiger partial charge in [0.15, 0.2) is 0 Å².